The molecule has 0 radical (unpaired) electrons. The van der Waals surface area contributed by atoms with Crippen molar-refractivity contribution in [1.29, 1.82) is 0 Å². The van der Waals surface area contributed by atoms with E-state index in [1.165, 1.54) is 5.56 Å². The molecule has 0 fully saturated rings. The predicted octanol–water partition coefficient (Wildman–Crippen LogP) is 5.65. The second-order valence-corrected chi connectivity index (χ2v) is 13.6. The molecule has 2 aromatic carbocycles. The van der Waals surface area contributed by atoms with Gasteiger partial charge in [-0.2, -0.15) is 0 Å². The summed E-state index contributed by atoms with van der Waals surface area (Å²) in [5.74, 6) is 0.248. The van der Waals surface area contributed by atoms with Crippen molar-refractivity contribution >= 4 is 26.1 Å². The van der Waals surface area contributed by atoms with Gasteiger partial charge in [-0.1, -0.05) is 0 Å². The Morgan fingerprint density at radius 2 is 1.73 bits per heavy atom. The van der Waals surface area contributed by atoms with E-state index in [9.17, 15) is 9.90 Å². The van der Waals surface area contributed by atoms with Gasteiger partial charge in [-0.05, 0) is 0 Å². The minimum atomic E-state index is -1.13. The molecule has 30 heavy (non-hydrogen) atoms. The zero-order valence-corrected chi connectivity index (χ0v) is 21.2. The Labute approximate surface area is 189 Å². The summed E-state index contributed by atoms with van der Waals surface area (Å²) in [4.78, 5) is 17.1. The van der Waals surface area contributed by atoms with E-state index >= 15 is 0 Å². The van der Waals surface area contributed by atoms with Crippen LogP contribution >= 0.6 is 20.1 Å². The Balaban J connectivity index is 2.48. The topological polar surface area (TPSA) is 49.8 Å². The molecule has 0 aliphatic heterocycles. The first-order valence-corrected chi connectivity index (χ1v) is 15.8. The molecule has 0 aromatic heterocycles. The molecule has 4 nitrogen and oxygen atoms in total. The number of hydrogen-bond donors (Lipinski definition) is 1. The quantitative estimate of drug-likeness (QED) is 0.143. The number of alkyl halides is 2. The van der Waals surface area contributed by atoms with Crippen LogP contribution < -0.4 is 4.74 Å². The first kappa shape index (κ1) is 24.8. The summed E-state index contributed by atoms with van der Waals surface area (Å²) >= 11 is -1.13. The van der Waals surface area contributed by atoms with Crippen LogP contribution in [0.2, 0.25) is 0 Å². The van der Waals surface area contributed by atoms with E-state index < -0.39 is 20.1 Å². The molecule has 0 unspecified atom stereocenters. The number of aliphatic hydroxyl groups is 1. The Morgan fingerprint density at radius 3 is 2.27 bits per heavy atom. The molecule has 0 saturated carbocycles. The third kappa shape index (κ3) is 6.79. The van der Waals surface area contributed by atoms with Crippen LogP contribution in [-0.2, 0) is 11.4 Å². The zero-order valence-electron chi connectivity index (χ0n) is 19.1. The first-order valence-electron chi connectivity index (χ1n) is 10.5. The van der Waals surface area contributed by atoms with Crippen molar-refractivity contribution in [2.75, 3.05) is 16.4 Å². The number of ether oxygens (including phenoxy) is 1. The fourth-order valence-electron chi connectivity index (χ4n) is 3.54. The van der Waals surface area contributed by atoms with Crippen molar-refractivity contribution in [1.82, 2.24) is 3.11 Å². The Hall–Kier alpha value is -1.44. The molecule has 0 bridgehead atoms. The van der Waals surface area contributed by atoms with Gasteiger partial charge in [0.2, 0.25) is 0 Å². The van der Waals surface area contributed by atoms with Crippen molar-refractivity contribution in [2.24, 2.45) is 5.92 Å². The van der Waals surface area contributed by atoms with E-state index in [2.05, 4.69) is 51.1 Å². The van der Waals surface area contributed by atoms with Gasteiger partial charge in [0.15, 0.2) is 0 Å². The van der Waals surface area contributed by atoms with Gasteiger partial charge in [0.05, 0.1) is 0 Å². The molecular formula is C25H36INO3. The molecule has 0 saturated heterocycles. The molecule has 166 valence electrons. The van der Waals surface area contributed by atoms with E-state index in [1.54, 1.807) is 0 Å². The first-order chi connectivity index (χ1) is 14.2. The molecule has 5 heteroatoms. The van der Waals surface area contributed by atoms with Gasteiger partial charge in [-0.15, -0.1) is 0 Å². The fraction of sp³-hybridized carbons (Fsp3) is 0.480. The van der Waals surface area contributed by atoms with Crippen molar-refractivity contribution < 1.29 is 14.6 Å². The average molecular weight is 525 g/mol. The van der Waals surface area contributed by atoms with Gasteiger partial charge in [-0.3, -0.25) is 0 Å². The summed E-state index contributed by atoms with van der Waals surface area (Å²) in [6.07, 6.45) is 0.930. The number of hydrogen-bond acceptors (Lipinski definition) is 4. The molecule has 2 aromatic rings. The summed E-state index contributed by atoms with van der Waals surface area (Å²) in [6, 6.07) is 16.6. The van der Waals surface area contributed by atoms with E-state index in [1.807, 2.05) is 38.1 Å². The van der Waals surface area contributed by atoms with Crippen LogP contribution in [0.4, 0.5) is 0 Å². The van der Waals surface area contributed by atoms with E-state index in [0.29, 0.717) is 11.8 Å². The maximum absolute atomic E-state index is 12.3. The molecule has 1 N–H and O–H groups in total. The molecular weight excluding hydrogens is 489 g/mol. The molecule has 0 spiro atoms. The Bertz CT molecular complexity index is 797. The molecule has 0 aliphatic rings. The summed E-state index contributed by atoms with van der Waals surface area (Å²) in [5, 5.41) is 9.73. The van der Waals surface area contributed by atoms with Gasteiger partial charge in [0, 0.05) is 0 Å². The summed E-state index contributed by atoms with van der Waals surface area (Å²) in [6.45, 7) is 9.16. The number of esters is 1. The van der Waals surface area contributed by atoms with Crippen LogP contribution in [0.1, 0.15) is 56.7 Å². The number of carbonyl (C=O) groups is 1. The van der Waals surface area contributed by atoms with Crippen LogP contribution in [0.5, 0.6) is 5.75 Å². The van der Waals surface area contributed by atoms with Crippen LogP contribution in [0.25, 0.3) is 0 Å². The van der Waals surface area contributed by atoms with E-state index in [-0.39, 0.29) is 24.4 Å². The number of halogens is 1. The minimum absolute atomic E-state index is 0.0369. The Kier molecular flexibility index (Phi) is 9.78. The van der Waals surface area contributed by atoms with Gasteiger partial charge in [0.1, 0.15) is 0 Å². The zero-order chi connectivity index (χ0) is 22.3. The Morgan fingerprint density at radius 1 is 1.07 bits per heavy atom. The predicted molar refractivity (Wildman–Crippen MR) is 133 cm³/mol. The molecule has 0 heterocycles. The molecule has 0 aliphatic carbocycles. The molecule has 2 rings (SSSR count). The van der Waals surface area contributed by atoms with Crippen molar-refractivity contribution in [2.45, 2.75) is 52.7 Å². The molecule has 1 atom stereocenters. The van der Waals surface area contributed by atoms with Gasteiger partial charge >= 0.3 is 190 Å². The summed E-state index contributed by atoms with van der Waals surface area (Å²) < 4.78 is 8.42. The number of benzene rings is 2. The van der Waals surface area contributed by atoms with Crippen molar-refractivity contribution in [3.8, 4) is 5.75 Å². The van der Waals surface area contributed by atoms with Crippen molar-refractivity contribution in [3.63, 3.8) is 0 Å². The van der Waals surface area contributed by atoms with Crippen LogP contribution in [-0.4, -0.2) is 36.6 Å². The number of carbonyl (C=O) groups excluding carboxylic acids is 1. The summed E-state index contributed by atoms with van der Waals surface area (Å²) in [7, 11) is 0. The fourth-order valence-corrected chi connectivity index (χ4v) is 7.02. The van der Waals surface area contributed by atoms with Gasteiger partial charge in [-0.25, -0.2) is 0 Å². The van der Waals surface area contributed by atoms with Crippen LogP contribution in [0.15, 0.2) is 48.5 Å². The van der Waals surface area contributed by atoms with E-state index in [0.717, 1.165) is 24.1 Å². The van der Waals surface area contributed by atoms with Crippen molar-refractivity contribution in [3.05, 3.63) is 65.2 Å². The number of aliphatic hydroxyl groups excluding tert-OH is 1. The van der Waals surface area contributed by atoms with Gasteiger partial charge in [0.25, 0.3) is 0 Å². The normalized spacial score (nSPS) is 13.1. The second kappa shape index (κ2) is 11.8. The SMILES string of the molecule is CC(C)C(=O)Oc1ccc(CO)cc1[C@H](CCN(C(C)C)I(C)C)c1ccccc1. The van der Waals surface area contributed by atoms with Gasteiger partial charge < -0.3 is 0 Å². The monoisotopic (exact) mass is 525 g/mol. The number of rotatable bonds is 10. The van der Waals surface area contributed by atoms with E-state index in [4.69, 9.17) is 4.74 Å². The standard InChI is InChI=1S/C25H36INO3/c1-18(2)25(29)30-24-13-12-20(17-28)16-23(24)22(21-10-8-7-9-11-21)14-15-27(19(3)4)26(5)6/h7-13,16,18-19,22,28H,14-15,17H2,1-6H3/t22-/m1/s1. The maximum atomic E-state index is 12.3. The average Bonchev–Trinajstić information content (AvgIpc) is 2.71. The summed E-state index contributed by atoms with van der Waals surface area (Å²) in [5.41, 5.74) is 3.00. The van der Waals surface area contributed by atoms with Crippen LogP contribution in [0, 0.1) is 5.92 Å². The third-order valence-corrected chi connectivity index (χ3v) is 9.22. The molecule has 0 amide bonds. The second-order valence-electron chi connectivity index (χ2n) is 8.29. The van der Waals surface area contributed by atoms with Crippen LogP contribution in [0.3, 0.4) is 0 Å². The third-order valence-electron chi connectivity index (χ3n) is 5.14. The number of nitrogens with zero attached hydrogens (tertiary/aromatic N) is 1.